The summed E-state index contributed by atoms with van der Waals surface area (Å²) in [6, 6.07) is 0. The molecule has 0 aromatic carbocycles. The molecule has 1 aromatic rings. The molecule has 0 saturated carbocycles. The van der Waals surface area contributed by atoms with Crippen molar-refractivity contribution in [2.75, 3.05) is 0 Å². The van der Waals surface area contributed by atoms with E-state index < -0.39 is 10.4 Å². The monoisotopic (exact) mass is 165 g/mol. The van der Waals surface area contributed by atoms with E-state index in [-0.39, 0.29) is 0 Å². The third-order valence-electron chi connectivity index (χ3n) is 0.996. The van der Waals surface area contributed by atoms with E-state index in [1.165, 1.54) is 10.8 Å². The maximum absolute atomic E-state index is 12.1. The van der Waals surface area contributed by atoms with Crippen molar-refractivity contribution < 1.29 is 16.9 Å². The molecule has 0 amide bonds. The van der Waals surface area contributed by atoms with Crippen molar-refractivity contribution in [1.29, 1.82) is 0 Å². The highest BCUT2D eigenvalue weighted by atomic mass is 32.3. The van der Waals surface area contributed by atoms with E-state index in [0.29, 0.717) is 3.97 Å². The number of halogens is 1. The third kappa shape index (κ3) is 1.32. The zero-order valence-corrected chi connectivity index (χ0v) is 6.05. The van der Waals surface area contributed by atoms with Crippen LogP contribution in [0.3, 0.4) is 0 Å². The van der Waals surface area contributed by atoms with Gasteiger partial charge in [0.15, 0.2) is 0 Å². The minimum Gasteiger partial charge on any atom is -0.238 e. The van der Waals surface area contributed by atoms with Crippen molar-refractivity contribution in [2.45, 2.75) is 0 Å². The van der Waals surface area contributed by atoms with Gasteiger partial charge in [-0.3, -0.25) is 0 Å². The van der Waals surface area contributed by atoms with Gasteiger partial charge in [0.1, 0.15) is 12.4 Å². The summed E-state index contributed by atoms with van der Waals surface area (Å²) in [5.74, 6) is 0. The smallest absolute Gasteiger partial charge is 0.238 e. The van der Waals surface area contributed by atoms with Gasteiger partial charge in [0, 0.05) is 0 Å². The lowest BCUT2D eigenvalue weighted by molar-refractivity contribution is -0.670. The molecule has 0 atom stereocenters. The molecule has 1 rings (SSSR count). The predicted molar refractivity (Wildman–Crippen MR) is 31.0 cm³/mol. The quantitative estimate of drug-likeness (QED) is 0.411. The number of nitrogens with zero attached hydrogens (tertiary/aromatic N) is 2. The summed E-state index contributed by atoms with van der Waals surface area (Å²) < 4.78 is 34.2. The molecule has 0 bridgehead atoms. The summed E-state index contributed by atoms with van der Waals surface area (Å²) in [6.07, 6.45) is 3.67. The van der Waals surface area contributed by atoms with Crippen molar-refractivity contribution in [1.82, 2.24) is 3.97 Å². The van der Waals surface area contributed by atoms with Crippen LogP contribution in [0.25, 0.3) is 0 Å². The highest BCUT2D eigenvalue weighted by molar-refractivity contribution is 7.84. The second-order valence-electron chi connectivity index (χ2n) is 1.85. The average Bonchev–Trinajstić information content (AvgIpc) is 2.11. The van der Waals surface area contributed by atoms with Crippen molar-refractivity contribution >= 4 is 10.4 Å². The van der Waals surface area contributed by atoms with Crippen LogP contribution < -0.4 is 4.57 Å². The number of aromatic nitrogens is 2. The number of rotatable bonds is 1. The first-order chi connectivity index (χ1) is 4.50. The molecule has 4 nitrogen and oxygen atoms in total. The molecule has 6 heteroatoms. The lowest BCUT2D eigenvalue weighted by atomic mass is 10.9. The molecule has 1 heterocycles. The van der Waals surface area contributed by atoms with E-state index in [4.69, 9.17) is 0 Å². The van der Waals surface area contributed by atoms with E-state index in [0.717, 1.165) is 12.5 Å². The Bertz CT molecular complexity index is 329. The summed E-state index contributed by atoms with van der Waals surface area (Å²) >= 11 is 0. The maximum atomic E-state index is 12.1. The van der Waals surface area contributed by atoms with Crippen LogP contribution in [0.5, 0.6) is 0 Å². The molecule has 0 aliphatic heterocycles. The minimum absolute atomic E-state index is 0.493. The number of hydrogen-bond donors (Lipinski definition) is 0. The van der Waals surface area contributed by atoms with E-state index in [1.54, 1.807) is 7.05 Å². The van der Waals surface area contributed by atoms with E-state index in [1.807, 2.05) is 0 Å². The Balaban J connectivity index is 3.21. The molecule has 1 aromatic heterocycles. The Kier molecular flexibility index (Phi) is 1.47. The topological polar surface area (TPSA) is 43.0 Å². The second-order valence-corrected chi connectivity index (χ2v) is 3.10. The van der Waals surface area contributed by atoms with Crippen molar-refractivity contribution in [2.24, 2.45) is 7.05 Å². The summed E-state index contributed by atoms with van der Waals surface area (Å²) in [5.41, 5.74) is 0. The van der Waals surface area contributed by atoms with Crippen LogP contribution in [-0.2, 0) is 17.5 Å². The van der Waals surface area contributed by atoms with Crippen molar-refractivity contribution in [3.63, 3.8) is 0 Å². The fourth-order valence-electron chi connectivity index (χ4n) is 0.556. The van der Waals surface area contributed by atoms with Crippen LogP contribution >= 0.6 is 0 Å². The maximum Gasteiger partial charge on any atom is 0.480 e. The minimum atomic E-state index is -4.59. The second kappa shape index (κ2) is 2.05. The molecular weight excluding hydrogens is 159 g/mol. The molecule has 0 saturated heterocycles. The zero-order chi connectivity index (χ0) is 7.78. The van der Waals surface area contributed by atoms with Crippen LogP contribution in [0.15, 0.2) is 18.7 Å². The lowest BCUT2D eigenvalue weighted by Crippen LogP contribution is -2.24. The van der Waals surface area contributed by atoms with Crippen LogP contribution in [0.4, 0.5) is 3.89 Å². The van der Waals surface area contributed by atoms with Gasteiger partial charge >= 0.3 is 10.4 Å². The van der Waals surface area contributed by atoms with E-state index in [9.17, 15) is 12.3 Å². The SMILES string of the molecule is C[n+]1ccn(S(=O)(=O)F)c1. The zero-order valence-electron chi connectivity index (χ0n) is 5.23. The number of hydrogen-bond acceptors (Lipinski definition) is 2. The van der Waals surface area contributed by atoms with Crippen LogP contribution in [0.1, 0.15) is 0 Å². The van der Waals surface area contributed by atoms with Gasteiger partial charge in [-0.1, -0.05) is 7.86 Å². The standard InChI is InChI=1S/C4H6FN2O2S/c1-6-2-3-7(4-6)10(5,8)9/h2-4H,1H3/q+1. The molecule has 0 N–H and O–H groups in total. The van der Waals surface area contributed by atoms with Gasteiger partial charge in [-0.25, -0.2) is 4.57 Å². The Morgan fingerprint density at radius 3 is 2.40 bits per heavy atom. The fourth-order valence-corrected chi connectivity index (χ4v) is 1.02. The number of aryl methyl sites for hydroxylation is 1. The van der Waals surface area contributed by atoms with Crippen LogP contribution in [0.2, 0.25) is 0 Å². The first kappa shape index (κ1) is 7.20. The van der Waals surface area contributed by atoms with Crippen LogP contribution in [-0.4, -0.2) is 12.4 Å². The molecular formula is C4H6FN2O2S+. The highest BCUT2D eigenvalue weighted by Crippen LogP contribution is 1.94. The van der Waals surface area contributed by atoms with E-state index >= 15 is 0 Å². The molecule has 0 aliphatic rings. The molecule has 10 heavy (non-hydrogen) atoms. The molecule has 0 fully saturated rings. The molecule has 0 radical (unpaired) electrons. The normalized spacial score (nSPS) is 11.8. The van der Waals surface area contributed by atoms with Crippen LogP contribution in [0, 0.1) is 0 Å². The Labute approximate surface area is 57.9 Å². The first-order valence-corrected chi connectivity index (χ1v) is 3.82. The van der Waals surface area contributed by atoms with Gasteiger partial charge in [-0.2, -0.15) is 8.42 Å². The Morgan fingerprint density at radius 1 is 1.60 bits per heavy atom. The van der Waals surface area contributed by atoms with E-state index in [2.05, 4.69) is 0 Å². The van der Waals surface area contributed by atoms with Gasteiger partial charge in [0.05, 0.1) is 7.05 Å². The lowest BCUT2D eigenvalue weighted by Gasteiger charge is -1.81. The Morgan fingerprint density at radius 2 is 2.20 bits per heavy atom. The third-order valence-corrected chi connectivity index (χ3v) is 1.72. The average molecular weight is 165 g/mol. The van der Waals surface area contributed by atoms with Gasteiger partial charge in [-0.15, -0.1) is 0 Å². The van der Waals surface area contributed by atoms with Gasteiger partial charge in [0.25, 0.3) is 6.33 Å². The van der Waals surface area contributed by atoms with Crippen molar-refractivity contribution in [3.05, 3.63) is 18.7 Å². The van der Waals surface area contributed by atoms with Gasteiger partial charge in [0.2, 0.25) is 0 Å². The molecule has 0 unspecified atom stereocenters. The van der Waals surface area contributed by atoms with Gasteiger partial charge in [-0.05, 0) is 0 Å². The highest BCUT2D eigenvalue weighted by Gasteiger charge is 2.16. The van der Waals surface area contributed by atoms with Gasteiger partial charge < -0.3 is 0 Å². The van der Waals surface area contributed by atoms with Crippen molar-refractivity contribution in [3.8, 4) is 0 Å². The number of imidazole rings is 1. The molecule has 0 spiro atoms. The Hall–Kier alpha value is -0.910. The largest absolute Gasteiger partial charge is 0.480 e. The summed E-state index contributed by atoms with van der Waals surface area (Å²) in [7, 11) is -2.99. The molecule has 0 aliphatic carbocycles. The molecule has 56 valence electrons. The first-order valence-electron chi connectivity index (χ1n) is 2.48. The predicted octanol–water partition coefficient (Wildman–Crippen LogP) is -0.625. The summed E-state index contributed by atoms with van der Waals surface area (Å²) in [5, 5.41) is 0. The summed E-state index contributed by atoms with van der Waals surface area (Å²) in [6.45, 7) is 0. The fraction of sp³-hybridized carbons (Fsp3) is 0.250. The summed E-state index contributed by atoms with van der Waals surface area (Å²) in [4.78, 5) is 0.